The fraction of sp³-hybridized carbons (Fsp3) is 0.471. The molecule has 3 rings (SSSR count). The molecule has 1 aromatic heterocycles. The van der Waals surface area contributed by atoms with E-state index in [1.807, 2.05) is 17.0 Å². The number of aryl methyl sites for hydroxylation is 1. The molecule has 3 nitrogen and oxygen atoms in total. The number of carbonyl (C=O) groups is 1. The van der Waals surface area contributed by atoms with Crippen LogP contribution >= 0.6 is 11.3 Å². The fourth-order valence-electron chi connectivity index (χ4n) is 2.73. The molecule has 2 aromatic rings. The van der Waals surface area contributed by atoms with Crippen molar-refractivity contribution < 1.29 is 4.79 Å². The number of hydrogen-bond donors (Lipinski definition) is 1. The fourth-order valence-corrected chi connectivity index (χ4v) is 3.88. The first kappa shape index (κ1) is 14.4. The lowest BCUT2D eigenvalue weighted by molar-refractivity contribution is 0.0746. The van der Waals surface area contributed by atoms with E-state index < -0.39 is 0 Å². The number of nitrogens with two attached hydrogens (primary N) is 1. The molecule has 112 valence electrons. The largest absolute Gasteiger partial charge is 0.397 e. The highest BCUT2D eigenvalue weighted by Crippen LogP contribution is 2.38. The SMILES string of the molecule is CCCCN(C(=O)c1sc2c(C)cccc2c1N)C1CC1. The predicted octanol–water partition coefficient (Wildman–Crippen LogP) is 4.20. The normalized spacial score (nSPS) is 14.6. The third-order valence-electron chi connectivity index (χ3n) is 4.15. The predicted molar refractivity (Wildman–Crippen MR) is 89.9 cm³/mol. The van der Waals surface area contributed by atoms with E-state index in [-0.39, 0.29) is 5.91 Å². The Morgan fingerprint density at radius 1 is 1.43 bits per heavy atom. The van der Waals surface area contributed by atoms with E-state index in [0.29, 0.717) is 11.7 Å². The van der Waals surface area contributed by atoms with Crippen molar-refractivity contribution in [2.45, 2.75) is 45.6 Å². The van der Waals surface area contributed by atoms with Gasteiger partial charge in [0.1, 0.15) is 4.88 Å². The van der Waals surface area contributed by atoms with Crippen molar-refractivity contribution in [3.8, 4) is 0 Å². The molecule has 1 heterocycles. The van der Waals surface area contributed by atoms with Gasteiger partial charge in [0.05, 0.1) is 5.69 Å². The Hall–Kier alpha value is -1.55. The molecule has 2 N–H and O–H groups in total. The summed E-state index contributed by atoms with van der Waals surface area (Å²) in [5, 5.41) is 1.02. The lowest BCUT2D eigenvalue weighted by Crippen LogP contribution is -2.33. The summed E-state index contributed by atoms with van der Waals surface area (Å²) in [5.74, 6) is 0.129. The summed E-state index contributed by atoms with van der Waals surface area (Å²) in [4.78, 5) is 15.7. The second-order valence-electron chi connectivity index (χ2n) is 5.88. The molecule has 0 unspecified atom stereocenters. The zero-order chi connectivity index (χ0) is 15.0. The molecule has 4 heteroatoms. The van der Waals surface area contributed by atoms with Crippen LogP contribution in [0.2, 0.25) is 0 Å². The number of rotatable bonds is 5. The van der Waals surface area contributed by atoms with Gasteiger partial charge in [-0.2, -0.15) is 0 Å². The minimum Gasteiger partial charge on any atom is -0.397 e. The highest BCUT2D eigenvalue weighted by atomic mass is 32.1. The number of anilines is 1. The van der Waals surface area contributed by atoms with Gasteiger partial charge in [-0.15, -0.1) is 11.3 Å². The number of unbranched alkanes of at least 4 members (excludes halogenated alkanes) is 1. The van der Waals surface area contributed by atoms with E-state index in [2.05, 4.69) is 19.9 Å². The first-order valence-electron chi connectivity index (χ1n) is 7.72. The lowest BCUT2D eigenvalue weighted by atomic mass is 10.1. The number of amides is 1. The van der Waals surface area contributed by atoms with Crippen molar-refractivity contribution in [2.24, 2.45) is 0 Å². The first-order valence-corrected chi connectivity index (χ1v) is 8.53. The molecule has 1 amide bonds. The van der Waals surface area contributed by atoms with Crippen LogP contribution in [0.1, 0.15) is 47.8 Å². The van der Waals surface area contributed by atoms with E-state index in [1.54, 1.807) is 11.3 Å². The van der Waals surface area contributed by atoms with Crippen LogP contribution in [0.15, 0.2) is 18.2 Å². The molecular formula is C17H22N2OS. The van der Waals surface area contributed by atoms with Crippen molar-refractivity contribution in [2.75, 3.05) is 12.3 Å². The van der Waals surface area contributed by atoms with Crippen LogP contribution < -0.4 is 5.73 Å². The van der Waals surface area contributed by atoms with Gasteiger partial charge in [-0.1, -0.05) is 31.5 Å². The average molecular weight is 302 g/mol. The summed E-state index contributed by atoms with van der Waals surface area (Å²) in [7, 11) is 0. The standard InChI is InChI=1S/C17H22N2OS/c1-3-4-10-19(12-8-9-12)17(20)16-14(18)13-7-5-6-11(2)15(13)21-16/h5-7,12H,3-4,8-10,18H2,1-2H3. The highest BCUT2D eigenvalue weighted by Gasteiger charge is 2.34. The van der Waals surface area contributed by atoms with Gasteiger partial charge in [0.2, 0.25) is 0 Å². The Morgan fingerprint density at radius 2 is 2.19 bits per heavy atom. The van der Waals surface area contributed by atoms with Crippen LogP contribution in [0.5, 0.6) is 0 Å². The van der Waals surface area contributed by atoms with E-state index in [9.17, 15) is 4.79 Å². The van der Waals surface area contributed by atoms with Crippen LogP contribution in [-0.2, 0) is 0 Å². The maximum Gasteiger partial charge on any atom is 0.266 e. The van der Waals surface area contributed by atoms with Gasteiger partial charge in [-0.25, -0.2) is 0 Å². The number of fused-ring (bicyclic) bond motifs is 1. The van der Waals surface area contributed by atoms with E-state index >= 15 is 0 Å². The maximum atomic E-state index is 12.9. The molecule has 1 saturated carbocycles. The number of benzene rings is 1. The summed E-state index contributed by atoms with van der Waals surface area (Å²) < 4.78 is 1.14. The van der Waals surface area contributed by atoms with Crippen LogP contribution in [0.4, 0.5) is 5.69 Å². The summed E-state index contributed by atoms with van der Waals surface area (Å²) in [5.41, 5.74) is 8.11. The number of nitrogen functional groups attached to an aromatic ring is 1. The third-order valence-corrected chi connectivity index (χ3v) is 5.49. The van der Waals surface area contributed by atoms with Gasteiger partial charge in [-0.05, 0) is 31.7 Å². The van der Waals surface area contributed by atoms with Crippen molar-refractivity contribution in [1.29, 1.82) is 0 Å². The zero-order valence-corrected chi connectivity index (χ0v) is 13.5. The number of hydrogen-bond acceptors (Lipinski definition) is 3. The third kappa shape index (κ3) is 2.64. The van der Waals surface area contributed by atoms with Gasteiger partial charge in [-0.3, -0.25) is 4.79 Å². The van der Waals surface area contributed by atoms with Crippen LogP contribution in [-0.4, -0.2) is 23.4 Å². The summed E-state index contributed by atoms with van der Waals surface area (Å²) in [6, 6.07) is 6.53. The molecule has 1 fully saturated rings. The molecule has 21 heavy (non-hydrogen) atoms. The summed E-state index contributed by atoms with van der Waals surface area (Å²) in [6.07, 6.45) is 4.45. The Labute approximate surface area is 129 Å². The molecule has 1 aliphatic carbocycles. The average Bonchev–Trinajstić information content (AvgIpc) is 3.25. The van der Waals surface area contributed by atoms with Gasteiger partial charge in [0.25, 0.3) is 5.91 Å². The lowest BCUT2D eigenvalue weighted by Gasteiger charge is -2.21. The monoisotopic (exact) mass is 302 g/mol. The minimum absolute atomic E-state index is 0.129. The smallest absolute Gasteiger partial charge is 0.266 e. The van der Waals surface area contributed by atoms with Gasteiger partial charge in [0.15, 0.2) is 0 Å². The maximum absolute atomic E-state index is 12.9. The summed E-state index contributed by atoms with van der Waals surface area (Å²) in [6.45, 7) is 5.08. The first-order chi connectivity index (χ1) is 10.1. The highest BCUT2D eigenvalue weighted by molar-refractivity contribution is 7.21. The van der Waals surface area contributed by atoms with E-state index in [4.69, 9.17) is 5.73 Å². The quantitative estimate of drug-likeness (QED) is 0.900. The van der Waals surface area contributed by atoms with E-state index in [0.717, 1.165) is 47.2 Å². The van der Waals surface area contributed by atoms with Crippen LogP contribution in [0.25, 0.3) is 10.1 Å². The minimum atomic E-state index is 0.129. The number of carbonyl (C=O) groups excluding carboxylic acids is 1. The number of thiophene rings is 1. The Bertz CT molecular complexity index is 673. The molecule has 1 aromatic carbocycles. The van der Waals surface area contributed by atoms with E-state index in [1.165, 1.54) is 5.56 Å². The van der Waals surface area contributed by atoms with Crippen molar-refractivity contribution in [3.63, 3.8) is 0 Å². The molecule has 0 aliphatic heterocycles. The molecular weight excluding hydrogens is 280 g/mol. The zero-order valence-electron chi connectivity index (χ0n) is 12.7. The van der Waals surface area contributed by atoms with Crippen molar-refractivity contribution in [1.82, 2.24) is 4.90 Å². The van der Waals surface area contributed by atoms with Gasteiger partial charge < -0.3 is 10.6 Å². The second kappa shape index (κ2) is 5.68. The molecule has 0 radical (unpaired) electrons. The molecule has 0 saturated heterocycles. The Balaban J connectivity index is 1.96. The van der Waals surface area contributed by atoms with Crippen molar-refractivity contribution in [3.05, 3.63) is 28.6 Å². The van der Waals surface area contributed by atoms with Crippen LogP contribution in [0, 0.1) is 6.92 Å². The van der Waals surface area contributed by atoms with Crippen molar-refractivity contribution >= 4 is 33.0 Å². The molecule has 0 atom stereocenters. The second-order valence-corrected chi connectivity index (χ2v) is 6.90. The topological polar surface area (TPSA) is 46.3 Å². The summed E-state index contributed by atoms with van der Waals surface area (Å²) >= 11 is 1.55. The number of nitrogens with zero attached hydrogens (tertiary/aromatic N) is 1. The van der Waals surface area contributed by atoms with Crippen LogP contribution in [0.3, 0.4) is 0 Å². The molecule has 1 aliphatic rings. The Morgan fingerprint density at radius 3 is 2.81 bits per heavy atom. The molecule has 0 bridgehead atoms. The van der Waals surface area contributed by atoms with Gasteiger partial charge >= 0.3 is 0 Å². The molecule has 0 spiro atoms. The van der Waals surface area contributed by atoms with Gasteiger partial charge in [0, 0.05) is 22.7 Å². The Kier molecular flexibility index (Phi) is 3.89.